The molecule has 0 aliphatic carbocycles. The highest BCUT2D eigenvalue weighted by molar-refractivity contribution is 4.86. The van der Waals surface area contributed by atoms with Gasteiger partial charge in [0.2, 0.25) is 0 Å². The molecule has 0 spiro atoms. The molecule has 0 bridgehead atoms. The number of likely N-dealkylation sites (tertiary alicyclic amines) is 1. The topological polar surface area (TPSA) is 32.5 Å². The Hall–Kier alpha value is -0.120. The van der Waals surface area contributed by atoms with Crippen LogP contribution in [-0.2, 0) is 0 Å². The van der Waals surface area contributed by atoms with Gasteiger partial charge in [-0.1, -0.05) is 0 Å². The van der Waals surface area contributed by atoms with Crippen LogP contribution in [0.4, 0.5) is 0 Å². The van der Waals surface area contributed by atoms with Crippen LogP contribution >= 0.6 is 0 Å². The van der Waals surface area contributed by atoms with Crippen molar-refractivity contribution in [2.45, 2.75) is 44.7 Å². The largest absolute Gasteiger partial charge is 0.329 e. The lowest BCUT2D eigenvalue weighted by Gasteiger charge is -2.37. The minimum atomic E-state index is 0.168. The molecule has 1 rings (SSSR count). The van der Waals surface area contributed by atoms with Crippen LogP contribution in [-0.4, -0.2) is 55.1 Å². The van der Waals surface area contributed by atoms with E-state index in [0.29, 0.717) is 0 Å². The maximum atomic E-state index is 5.83. The zero-order chi connectivity index (χ0) is 11.5. The maximum absolute atomic E-state index is 5.83. The Labute approximate surface area is 94.6 Å². The molecule has 0 saturated carbocycles. The zero-order valence-corrected chi connectivity index (χ0v) is 10.8. The molecule has 1 atom stereocenters. The summed E-state index contributed by atoms with van der Waals surface area (Å²) >= 11 is 0. The Kier molecular flexibility index (Phi) is 4.56. The monoisotopic (exact) mass is 213 g/mol. The highest BCUT2D eigenvalue weighted by Gasteiger charge is 2.28. The van der Waals surface area contributed by atoms with Gasteiger partial charge in [-0.25, -0.2) is 0 Å². The van der Waals surface area contributed by atoms with E-state index < -0.39 is 0 Å². The molecule has 1 unspecified atom stereocenters. The molecule has 0 aromatic heterocycles. The molecular formula is C12H27N3. The van der Waals surface area contributed by atoms with Gasteiger partial charge in [-0.3, -0.25) is 4.90 Å². The average molecular weight is 213 g/mol. The molecule has 0 aromatic rings. The highest BCUT2D eigenvalue weighted by Crippen LogP contribution is 2.21. The summed E-state index contributed by atoms with van der Waals surface area (Å²) in [6, 6.07) is 0.753. The molecule has 1 saturated heterocycles. The van der Waals surface area contributed by atoms with Crippen molar-refractivity contribution in [2.24, 2.45) is 5.73 Å². The highest BCUT2D eigenvalue weighted by atomic mass is 15.2. The summed E-state index contributed by atoms with van der Waals surface area (Å²) in [5.74, 6) is 0. The van der Waals surface area contributed by atoms with Crippen molar-refractivity contribution in [1.82, 2.24) is 9.80 Å². The van der Waals surface area contributed by atoms with Crippen LogP contribution in [0.25, 0.3) is 0 Å². The third kappa shape index (κ3) is 3.44. The SMILES string of the molecule is CN(C)C1CCCN(C(C)(C)CN)CC1. The number of nitrogens with zero attached hydrogens (tertiary/aromatic N) is 2. The summed E-state index contributed by atoms with van der Waals surface area (Å²) in [6.45, 7) is 7.65. The molecule has 0 aromatic carbocycles. The number of rotatable bonds is 3. The number of hydrogen-bond acceptors (Lipinski definition) is 3. The van der Waals surface area contributed by atoms with E-state index in [9.17, 15) is 0 Å². The van der Waals surface area contributed by atoms with Gasteiger partial charge in [0.15, 0.2) is 0 Å². The fourth-order valence-electron chi connectivity index (χ4n) is 2.33. The first-order chi connectivity index (χ1) is 6.97. The summed E-state index contributed by atoms with van der Waals surface area (Å²) in [5, 5.41) is 0. The number of nitrogens with two attached hydrogens (primary N) is 1. The van der Waals surface area contributed by atoms with Crippen molar-refractivity contribution >= 4 is 0 Å². The Bertz CT molecular complexity index is 189. The van der Waals surface area contributed by atoms with Crippen molar-refractivity contribution in [3.8, 4) is 0 Å². The van der Waals surface area contributed by atoms with Gasteiger partial charge in [-0.2, -0.15) is 0 Å². The first-order valence-electron chi connectivity index (χ1n) is 6.09. The molecule has 3 nitrogen and oxygen atoms in total. The molecule has 3 heteroatoms. The second kappa shape index (κ2) is 5.28. The summed E-state index contributed by atoms with van der Waals surface area (Å²) in [6.07, 6.45) is 3.90. The van der Waals surface area contributed by atoms with E-state index in [0.717, 1.165) is 12.6 Å². The molecule has 0 radical (unpaired) electrons. The minimum Gasteiger partial charge on any atom is -0.329 e. The fourth-order valence-corrected chi connectivity index (χ4v) is 2.33. The van der Waals surface area contributed by atoms with E-state index in [2.05, 4.69) is 37.7 Å². The van der Waals surface area contributed by atoms with Gasteiger partial charge in [-0.15, -0.1) is 0 Å². The van der Waals surface area contributed by atoms with Gasteiger partial charge in [0.25, 0.3) is 0 Å². The molecular weight excluding hydrogens is 186 g/mol. The van der Waals surface area contributed by atoms with Crippen LogP contribution in [0.1, 0.15) is 33.1 Å². The first-order valence-corrected chi connectivity index (χ1v) is 6.09. The smallest absolute Gasteiger partial charge is 0.0275 e. The van der Waals surface area contributed by atoms with Gasteiger partial charge in [0.1, 0.15) is 0 Å². The molecule has 1 aliphatic rings. The van der Waals surface area contributed by atoms with Crippen molar-refractivity contribution < 1.29 is 0 Å². The minimum absolute atomic E-state index is 0.168. The predicted octanol–water partition coefficient (Wildman–Crippen LogP) is 1.14. The Morgan fingerprint density at radius 1 is 1.27 bits per heavy atom. The van der Waals surface area contributed by atoms with Crippen molar-refractivity contribution in [3.05, 3.63) is 0 Å². The third-order valence-corrected chi connectivity index (χ3v) is 3.78. The maximum Gasteiger partial charge on any atom is 0.0275 e. The molecule has 90 valence electrons. The summed E-state index contributed by atoms with van der Waals surface area (Å²) in [7, 11) is 4.38. The number of hydrogen-bond donors (Lipinski definition) is 1. The van der Waals surface area contributed by atoms with Crippen LogP contribution in [0.2, 0.25) is 0 Å². The summed E-state index contributed by atoms with van der Waals surface area (Å²) in [5.41, 5.74) is 6.00. The van der Waals surface area contributed by atoms with Crippen molar-refractivity contribution in [2.75, 3.05) is 33.7 Å². The molecule has 1 heterocycles. The van der Waals surface area contributed by atoms with Crippen molar-refractivity contribution in [3.63, 3.8) is 0 Å². The van der Waals surface area contributed by atoms with Gasteiger partial charge < -0.3 is 10.6 Å². The van der Waals surface area contributed by atoms with Crippen LogP contribution in [0.5, 0.6) is 0 Å². The van der Waals surface area contributed by atoms with E-state index in [1.807, 2.05) is 0 Å². The average Bonchev–Trinajstić information content (AvgIpc) is 2.43. The molecule has 0 amide bonds. The van der Waals surface area contributed by atoms with Crippen LogP contribution < -0.4 is 5.73 Å². The summed E-state index contributed by atoms with van der Waals surface area (Å²) in [4.78, 5) is 4.91. The lowest BCUT2D eigenvalue weighted by Crippen LogP contribution is -2.49. The quantitative estimate of drug-likeness (QED) is 0.763. The lowest BCUT2D eigenvalue weighted by molar-refractivity contribution is 0.128. The van der Waals surface area contributed by atoms with E-state index >= 15 is 0 Å². The van der Waals surface area contributed by atoms with E-state index in [1.165, 1.54) is 32.4 Å². The van der Waals surface area contributed by atoms with Crippen molar-refractivity contribution in [1.29, 1.82) is 0 Å². The fraction of sp³-hybridized carbons (Fsp3) is 1.00. The van der Waals surface area contributed by atoms with Crippen LogP contribution in [0.15, 0.2) is 0 Å². The van der Waals surface area contributed by atoms with E-state index in [1.54, 1.807) is 0 Å². The van der Waals surface area contributed by atoms with Gasteiger partial charge in [0.05, 0.1) is 0 Å². The second-order valence-electron chi connectivity index (χ2n) is 5.55. The normalized spacial score (nSPS) is 25.6. The molecule has 15 heavy (non-hydrogen) atoms. The standard InChI is InChI=1S/C12H27N3/c1-12(2,10-13)15-8-5-6-11(7-9-15)14(3)4/h11H,5-10,13H2,1-4H3. The molecule has 1 fully saturated rings. The molecule has 1 aliphatic heterocycles. The van der Waals surface area contributed by atoms with Crippen LogP contribution in [0, 0.1) is 0 Å². The van der Waals surface area contributed by atoms with Gasteiger partial charge in [0, 0.05) is 24.7 Å². The van der Waals surface area contributed by atoms with E-state index in [4.69, 9.17) is 5.73 Å². The van der Waals surface area contributed by atoms with Crippen LogP contribution in [0.3, 0.4) is 0 Å². The molecule has 2 N–H and O–H groups in total. The third-order valence-electron chi connectivity index (χ3n) is 3.78. The zero-order valence-electron chi connectivity index (χ0n) is 10.8. The Morgan fingerprint density at radius 3 is 2.47 bits per heavy atom. The summed E-state index contributed by atoms with van der Waals surface area (Å²) < 4.78 is 0. The Balaban J connectivity index is 2.53. The van der Waals surface area contributed by atoms with Gasteiger partial charge in [-0.05, 0) is 53.8 Å². The van der Waals surface area contributed by atoms with E-state index in [-0.39, 0.29) is 5.54 Å². The second-order valence-corrected chi connectivity index (χ2v) is 5.55. The van der Waals surface area contributed by atoms with Gasteiger partial charge >= 0.3 is 0 Å². The lowest BCUT2D eigenvalue weighted by atomic mass is 10.0. The first kappa shape index (κ1) is 12.9. The Morgan fingerprint density at radius 2 is 1.93 bits per heavy atom. The predicted molar refractivity (Wildman–Crippen MR) is 66.0 cm³/mol.